The first-order chi connectivity index (χ1) is 17.7. The first-order valence-corrected chi connectivity index (χ1v) is 12.9. The lowest BCUT2D eigenvalue weighted by Gasteiger charge is -2.41. The fraction of sp³-hybridized carbons (Fsp3) is 0.276. The van der Waals surface area contributed by atoms with Crippen LogP contribution in [0, 0.1) is 6.92 Å². The van der Waals surface area contributed by atoms with Gasteiger partial charge >= 0.3 is 0 Å². The SMILES string of the molecule is Cc1ccc(C(=O)N[C@@H](Cc2ccccc2)C(=O)N2CCN(C(=O)c3ccc(Cl)cc3Cl)[C@H](C)C2)cc1. The maximum Gasteiger partial charge on any atom is 0.255 e. The number of carbonyl (C=O) groups is 3. The number of halogens is 2. The number of piperazine rings is 1. The van der Waals surface area contributed by atoms with Crippen molar-refractivity contribution in [3.63, 3.8) is 0 Å². The van der Waals surface area contributed by atoms with Crippen LogP contribution in [0.1, 0.15) is 38.8 Å². The number of hydrogen-bond donors (Lipinski definition) is 1. The van der Waals surface area contributed by atoms with Gasteiger partial charge in [0.25, 0.3) is 11.8 Å². The fourth-order valence-corrected chi connectivity index (χ4v) is 4.98. The molecule has 4 rings (SSSR count). The summed E-state index contributed by atoms with van der Waals surface area (Å²) in [4.78, 5) is 43.3. The zero-order valence-electron chi connectivity index (χ0n) is 20.8. The predicted octanol–water partition coefficient (Wildman–Crippen LogP) is 5.02. The van der Waals surface area contributed by atoms with Crippen LogP contribution in [0.15, 0.2) is 72.8 Å². The molecule has 0 bridgehead atoms. The van der Waals surface area contributed by atoms with Gasteiger partial charge in [-0.05, 0) is 49.7 Å². The molecule has 0 saturated carbocycles. The normalized spacial score (nSPS) is 16.3. The summed E-state index contributed by atoms with van der Waals surface area (Å²) in [7, 11) is 0. The van der Waals surface area contributed by atoms with Gasteiger partial charge in [0.2, 0.25) is 5.91 Å². The molecule has 1 fully saturated rings. The third kappa shape index (κ3) is 6.51. The van der Waals surface area contributed by atoms with E-state index in [1.807, 2.05) is 56.3 Å². The summed E-state index contributed by atoms with van der Waals surface area (Å²) in [6.07, 6.45) is 0.366. The number of nitrogens with one attached hydrogen (secondary N) is 1. The second kappa shape index (κ2) is 11.8. The van der Waals surface area contributed by atoms with Crippen LogP contribution in [0.3, 0.4) is 0 Å². The van der Waals surface area contributed by atoms with E-state index in [1.165, 1.54) is 0 Å². The van der Waals surface area contributed by atoms with E-state index in [-0.39, 0.29) is 23.8 Å². The monoisotopic (exact) mass is 537 g/mol. The van der Waals surface area contributed by atoms with E-state index in [9.17, 15) is 14.4 Å². The van der Waals surface area contributed by atoms with Gasteiger partial charge in [0.15, 0.2) is 0 Å². The van der Waals surface area contributed by atoms with E-state index in [1.54, 1.807) is 40.1 Å². The van der Waals surface area contributed by atoms with Crippen LogP contribution in [0.4, 0.5) is 0 Å². The van der Waals surface area contributed by atoms with Crippen LogP contribution >= 0.6 is 23.2 Å². The van der Waals surface area contributed by atoms with Crippen molar-refractivity contribution in [2.45, 2.75) is 32.4 Å². The van der Waals surface area contributed by atoms with Crippen molar-refractivity contribution in [2.75, 3.05) is 19.6 Å². The highest BCUT2D eigenvalue weighted by atomic mass is 35.5. The lowest BCUT2D eigenvalue weighted by molar-refractivity contribution is -0.135. The molecule has 0 aliphatic carbocycles. The lowest BCUT2D eigenvalue weighted by atomic mass is 10.0. The Labute approximate surface area is 227 Å². The van der Waals surface area contributed by atoms with E-state index in [4.69, 9.17) is 23.2 Å². The van der Waals surface area contributed by atoms with E-state index < -0.39 is 6.04 Å². The molecule has 3 aromatic rings. The molecule has 0 unspecified atom stereocenters. The second-order valence-corrected chi connectivity index (χ2v) is 10.2. The molecular weight excluding hydrogens is 509 g/mol. The Balaban J connectivity index is 1.48. The van der Waals surface area contributed by atoms with Gasteiger partial charge < -0.3 is 15.1 Å². The van der Waals surface area contributed by atoms with Crippen molar-refractivity contribution in [1.82, 2.24) is 15.1 Å². The van der Waals surface area contributed by atoms with Crippen molar-refractivity contribution in [3.8, 4) is 0 Å². The smallest absolute Gasteiger partial charge is 0.255 e. The quantitative estimate of drug-likeness (QED) is 0.480. The zero-order valence-corrected chi connectivity index (χ0v) is 22.3. The van der Waals surface area contributed by atoms with E-state index in [2.05, 4.69) is 5.32 Å². The van der Waals surface area contributed by atoms with Gasteiger partial charge in [0.05, 0.1) is 10.6 Å². The summed E-state index contributed by atoms with van der Waals surface area (Å²) in [5.41, 5.74) is 2.88. The predicted molar refractivity (Wildman–Crippen MR) is 146 cm³/mol. The number of rotatable bonds is 6. The van der Waals surface area contributed by atoms with Crippen molar-refractivity contribution in [2.24, 2.45) is 0 Å². The molecule has 0 radical (unpaired) electrons. The number of hydrogen-bond acceptors (Lipinski definition) is 3. The van der Waals surface area contributed by atoms with Gasteiger partial charge in [-0.3, -0.25) is 14.4 Å². The standard InChI is InChI=1S/C29H29Cl2N3O3/c1-19-8-10-22(11-9-19)27(35)32-26(16-21-6-4-3-5-7-21)29(37)33-14-15-34(20(2)18-33)28(36)24-13-12-23(30)17-25(24)31/h3-13,17,20,26H,14-16,18H2,1-2H3,(H,32,35)/t20-,26+/m1/s1. The molecule has 3 amide bonds. The lowest BCUT2D eigenvalue weighted by Crippen LogP contribution is -2.59. The van der Waals surface area contributed by atoms with Gasteiger partial charge in [-0.2, -0.15) is 0 Å². The molecule has 8 heteroatoms. The first-order valence-electron chi connectivity index (χ1n) is 12.2. The van der Waals surface area contributed by atoms with Crippen LogP contribution in [-0.4, -0.2) is 59.2 Å². The molecule has 1 aliphatic rings. The molecule has 192 valence electrons. The van der Waals surface area contributed by atoms with Crippen molar-refractivity contribution in [1.29, 1.82) is 0 Å². The number of carbonyl (C=O) groups excluding carboxylic acids is 3. The molecule has 0 aromatic heterocycles. The Morgan fingerprint density at radius 2 is 1.68 bits per heavy atom. The van der Waals surface area contributed by atoms with E-state index in [0.29, 0.717) is 47.2 Å². The van der Waals surface area contributed by atoms with Crippen molar-refractivity contribution >= 4 is 40.9 Å². The maximum absolute atomic E-state index is 13.7. The van der Waals surface area contributed by atoms with Gasteiger partial charge in [-0.1, -0.05) is 71.2 Å². The summed E-state index contributed by atoms with van der Waals surface area (Å²) in [5, 5.41) is 3.70. The minimum absolute atomic E-state index is 0.173. The first kappa shape index (κ1) is 26.7. The summed E-state index contributed by atoms with van der Waals surface area (Å²) in [5.74, 6) is -0.670. The van der Waals surface area contributed by atoms with Gasteiger partial charge in [0, 0.05) is 42.7 Å². The summed E-state index contributed by atoms with van der Waals surface area (Å²) >= 11 is 12.2. The maximum atomic E-state index is 13.7. The Morgan fingerprint density at radius 1 is 0.973 bits per heavy atom. The minimum atomic E-state index is -0.739. The number of aryl methyl sites for hydroxylation is 1. The highest BCUT2D eigenvalue weighted by Gasteiger charge is 2.34. The van der Waals surface area contributed by atoms with Crippen molar-refractivity contribution < 1.29 is 14.4 Å². The molecule has 1 heterocycles. The minimum Gasteiger partial charge on any atom is -0.340 e. The van der Waals surface area contributed by atoms with Crippen LogP contribution in [0.5, 0.6) is 0 Å². The van der Waals surface area contributed by atoms with Crippen LogP contribution in [0.2, 0.25) is 10.0 Å². The largest absolute Gasteiger partial charge is 0.340 e. The van der Waals surface area contributed by atoms with Crippen LogP contribution in [0.25, 0.3) is 0 Å². The van der Waals surface area contributed by atoms with E-state index in [0.717, 1.165) is 11.1 Å². The number of benzene rings is 3. The molecule has 1 N–H and O–H groups in total. The van der Waals surface area contributed by atoms with Gasteiger partial charge in [-0.15, -0.1) is 0 Å². The van der Waals surface area contributed by atoms with Crippen LogP contribution in [-0.2, 0) is 11.2 Å². The molecule has 1 aliphatic heterocycles. The third-order valence-corrected chi connectivity index (χ3v) is 7.11. The Hall–Kier alpha value is -3.35. The van der Waals surface area contributed by atoms with Crippen LogP contribution < -0.4 is 5.32 Å². The average molecular weight is 538 g/mol. The molecule has 6 nitrogen and oxygen atoms in total. The Kier molecular flexibility index (Phi) is 8.52. The second-order valence-electron chi connectivity index (χ2n) is 9.34. The molecule has 0 spiro atoms. The number of amides is 3. The van der Waals surface area contributed by atoms with E-state index >= 15 is 0 Å². The summed E-state index contributed by atoms with van der Waals surface area (Å²) < 4.78 is 0. The fourth-order valence-electron chi connectivity index (χ4n) is 4.49. The highest BCUT2D eigenvalue weighted by Crippen LogP contribution is 2.24. The highest BCUT2D eigenvalue weighted by molar-refractivity contribution is 6.36. The third-order valence-electron chi connectivity index (χ3n) is 6.56. The summed E-state index contributed by atoms with van der Waals surface area (Å²) in [6.45, 7) is 4.91. The molecular formula is C29H29Cl2N3O3. The Morgan fingerprint density at radius 3 is 2.32 bits per heavy atom. The molecule has 37 heavy (non-hydrogen) atoms. The Bertz CT molecular complexity index is 1280. The van der Waals surface area contributed by atoms with Gasteiger partial charge in [-0.25, -0.2) is 0 Å². The van der Waals surface area contributed by atoms with Crippen molar-refractivity contribution in [3.05, 3.63) is 105 Å². The summed E-state index contributed by atoms with van der Waals surface area (Å²) in [6, 6.07) is 20.7. The zero-order chi connectivity index (χ0) is 26.5. The number of nitrogens with zero attached hydrogens (tertiary/aromatic N) is 2. The molecule has 2 atom stereocenters. The average Bonchev–Trinajstić information content (AvgIpc) is 2.88. The molecule has 3 aromatic carbocycles. The molecule has 1 saturated heterocycles. The van der Waals surface area contributed by atoms with Gasteiger partial charge in [0.1, 0.15) is 6.04 Å². The topological polar surface area (TPSA) is 69.7 Å².